The maximum atomic E-state index is 11.5. The minimum atomic E-state index is -4.10. The molecular formula is C14H7ClN2O4S. The Labute approximate surface area is 129 Å². The third-order valence-corrected chi connectivity index (χ3v) is 4.51. The molecule has 0 spiro atoms. The fourth-order valence-corrected chi connectivity index (χ4v) is 3.16. The summed E-state index contributed by atoms with van der Waals surface area (Å²) in [5, 5.41) is 1.16. The van der Waals surface area contributed by atoms with Crippen molar-refractivity contribution in [2.45, 2.75) is 4.90 Å². The summed E-state index contributed by atoms with van der Waals surface area (Å²) in [6.07, 6.45) is 0.910. The maximum absolute atomic E-state index is 11.5. The number of nitrogens with zero attached hydrogens (tertiary/aromatic N) is 2. The number of benzene rings is 1. The number of pyridine rings is 2. The first-order valence-electron chi connectivity index (χ1n) is 6.03. The van der Waals surface area contributed by atoms with Gasteiger partial charge in [0.2, 0.25) is 0 Å². The Kier molecular flexibility index (Phi) is 3.38. The molecule has 3 aromatic rings. The standard InChI is InChI=1S/C14H7ClN2O4S/c15-22(20,21)12-5-9-2-1-8-3-4-10(6-18)16-13(8)14(9)17-11(12)7-19/h1-7H. The van der Waals surface area contributed by atoms with E-state index in [1.54, 1.807) is 24.3 Å². The van der Waals surface area contributed by atoms with Crippen LogP contribution in [0.2, 0.25) is 0 Å². The van der Waals surface area contributed by atoms with Crippen LogP contribution >= 0.6 is 10.7 Å². The Hall–Kier alpha value is -2.38. The number of fused-ring (bicyclic) bond motifs is 3. The SMILES string of the molecule is O=Cc1ccc2ccc3cc(S(=O)(=O)Cl)c(C=O)nc3c2n1. The number of hydrogen-bond acceptors (Lipinski definition) is 6. The molecule has 110 valence electrons. The van der Waals surface area contributed by atoms with Crippen LogP contribution in [0.4, 0.5) is 0 Å². The summed E-state index contributed by atoms with van der Waals surface area (Å²) < 4.78 is 23.0. The first-order valence-corrected chi connectivity index (χ1v) is 8.34. The zero-order valence-corrected chi connectivity index (χ0v) is 12.4. The lowest BCUT2D eigenvalue weighted by Gasteiger charge is -2.06. The minimum Gasteiger partial charge on any atom is -0.296 e. The van der Waals surface area contributed by atoms with Crippen LogP contribution in [0.5, 0.6) is 0 Å². The lowest BCUT2D eigenvalue weighted by atomic mass is 10.1. The summed E-state index contributed by atoms with van der Waals surface area (Å²) in [6.45, 7) is 0. The molecule has 0 aliphatic rings. The number of carbonyl (C=O) groups is 2. The third-order valence-electron chi connectivity index (χ3n) is 3.15. The molecule has 1 aromatic carbocycles. The van der Waals surface area contributed by atoms with Crippen LogP contribution in [0.15, 0.2) is 35.2 Å². The zero-order chi connectivity index (χ0) is 15.9. The second-order valence-corrected chi connectivity index (χ2v) is 7.02. The van der Waals surface area contributed by atoms with Crippen LogP contribution in [0.25, 0.3) is 21.8 Å². The van der Waals surface area contributed by atoms with E-state index in [2.05, 4.69) is 9.97 Å². The van der Waals surface area contributed by atoms with Crippen LogP contribution in [-0.2, 0) is 9.05 Å². The molecule has 0 atom stereocenters. The highest BCUT2D eigenvalue weighted by Gasteiger charge is 2.19. The van der Waals surface area contributed by atoms with Gasteiger partial charge in [-0.2, -0.15) is 0 Å². The van der Waals surface area contributed by atoms with Crippen molar-refractivity contribution >= 4 is 54.1 Å². The van der Waals surface area contributed by atoms with Gasteiger partial charge in [0.1, 0.15) is 16.3 Å². The van der Waals surface area contributed by atoms with Gasteiger partial charge in [0.05, 0.1) is 11.0 Å². The summed E-state index contributed by atoms with van der Waals surface area (Å²) in [7, 11) is 1.22. The van der Waals surface area contributed by atoms with Crippen molar-refractivity contribution in [1.82, 2.24) is 9.97 Å². The summed E-state index contributed by atoms with van der Waals surface area (Å²) in [5.41, 5.74) is 0.646. The number of hydrogen-bond donors (Lipinski definition) is 0. The highest BCUT2D eigenvalue weighted by atomic mass is 35.7. The van der Waals surface area contributed by atoms with Crippen molar-refractivity contribution in [2.75, 3.05) is 0 Å². The van der Waals surface area contributed by atoms with Crippen LogP contribution in [0.3, 0.4) is 0 Å². The average molecular weight is 335 g/mol. The van der Waals surface area contributed by atoms with Gasteiger partial charge in [-0.15, -0.1) is 0 Å². The third kappa shape index (κ3) is 2.34. The van der Waals surface area contributed by atoms with E-state index < -0.39 is 9.05 Å². The van der Waals surface area contributed by atoms with Gasteiger partial charge in [0, 0.05) is 21.5 Å². The molecule has 0 saturated carbocycles. The summed E-state index contributed by atoms with van der Waals surface area (Å²) in [4.78, 5) is 29.8. The molecule has 0 bridgehead atoms. The monoisotopic (exact) mass is 334 g/mol. The molecule has 0 aliphatic heterocycles. The molecule has 0 N–H and O–H groups in total. The molecule has 0 amide bonds. The molecule has 0 aliphatic carbocycles. The van der Waals surface area contributed by atoms with Crippen molar-refractivity contribution in [1.29, 1.82) is 0 Å². The molecule has 22 heavy (non-hydrogen) atoms. The highest BCUT2D eigenvalue weighted by Crippen LogP contribution is 2.27. The van der Waals surface area contributed by atoms with E-state index in [-0.39, 0.29) is 16.3 Å². The van der Waals surface area contributed by atoms with E-state index in [9.17, 15) is 18.0 Å². The molecule has 3 rings (SSSR count). The molecule has 0 saturated heterocycles. The van der Waals surface area contributed by atoms with Crippen molar-refractivity contribution < 1.29 is 18.0 Å². The normalized spacial score (nSPS) is 11.7. The van der Waals surface area contributed by atoms with Gasteiger partial charge in [-0.05, 0) is 12.1 Å². The van der Waals surface area contributed by atoms with Gasteiger partial charge in [-0.25, -0.2) is 18.4 Å². The number of halogens is 1. The largest absolute Gasteiger partial charge is 0.296 e. The number of rotatable bonds is 3. The van der Waals surface area contributed by atoms with E-state index in [0.29, 0.717) is 34.4 Å². The summed E-state index contributed by atoms with van der Waals surface area (Å²) in [6, 6.07) is 7.88. The molecule has 6 nitrogen and oxygen atoms in total. The van der Waals surface area contributed by atoms with Crippen molar-refractivity contribution in [2.24, 2.45) is 0 Å². The molecule has 2 aromatic heterocycles. The molecular weight excluding hydrogens is 328 g/mol. The lowest BCUT2D eigenvalue weighted by Crippen LogP contribution is -2.01. The fourth-order valence-electron chi connectivity index (χ4n) is 2.17. The lowest BCUT2D eigenvalue weighted by molar-refractivity contribution is 0.111. The summed E-state index contributed by atoms with van der Waals surface area (Å²) >= 11 is 0. The van der Waals surface area contributed by atoms with Gasteiger partial charge in [0.15, 0.2) is 12.6 Å². The zero-order valence-electron chi connectivity index (χ0n) is 10.9. The molecule has 0 fully saturated rings. The number of carbonyl (C=O) groups excluding carboxylic acids is 2. The molecule has 0 unspecified atom stereocenters. The summed E-state index contributed by atoms with van der Waals surface area (Å²) in [5.74, 6) is 0. The predicted octanol–water partition coefficient (Wildman–Crippen LogP) is 2.34. The average Bonchev–Trinajstić information content (AvgIpc) is 2.51. The molecule has 8 heteroatoms. The maximum Gasteiger partial charge on any atom is 0.263 e. The van der Waals surface area contributed by atoms with Crippen molar-refractivity contribution in [3.05, 3.63) is 41.7 Å². The van der Waals surface area contributed by atoms with Gasteiger partial charge >= 0.3 is 0 Å². The quantitative estimate of drug-likeness (QED) is 0.414. The van der Waals surface area contributed by atoms with E-state index in [0.717, 1.165) is 0 Å². The van der Waals surface area contributed by atoms with E-state index in [1.807, 2.05) is 0 Å². The Morgan fingerprint density at radius 1 is 0.909 bits per heavy atom. The Morgan fingerprint density at radius 3 is 2.18 bits per heavy atom. The second-order valence-electron chi connectivity index (χ2n) is 4.49. The minimum absolute atomic E-state index is 0.212. The second kappa shape index (κ2) is 5.11. The Bertz CT molecular complexity index is 1050. The van der Waals surface area contributed by atoms with Crippen LogP contribution in [0, 0.1) is 0 Å². The van der Waals surface area contributed by atoms with Crippen LogP contribution in [-0.4, -0.2) is 31.0 Å². The van der Waals surface area contributed by atoms with Gasteiger partial charge in [-0.3, -0.25) is 9.59 Å². The van der Waals surface area contributed by atoms with Gasteiger partial charge < -0.3 is 0 Å². The Balaban J connectivity index is 2.49. The molecule has 2 heterocycles. The van der Waals surface area contributed by atoms with Gasteiger partial charge in [0.25, 0.3) is 9.05 Å². The Morgan fingerprint density at radius 2 is 1.55 bits per heavy atom. The van der Waals surface area contributed by atoms with E-state index in [1.165, 1.54) is 6.07 Å². The van der Waals surface area contributed by atoms with Gasteiger partial charge in [-0.1, -0.05) is 18.2 Å². The van der Waals surface area contributed by atoms with E-state index in [4.69, 9.17) is 10.7 Å². The molecule has 0 radical (unpaired) electrons. The van der Waals surface area contributed by atoms with Crippen LogP contribution < -0.4 is 0 Å². The fraction of sp³-hybridized carbons (Fsp3) is 0. The topological polar surface area (TPSA) is 94.1 Å². The van der Waals surface area contributed by atoms with Crippen molar-refractivity contribution in [3.63, 3.8) is 0 Å². The van der Waals surface area contributed by atoms with E-state index >= 15 is 0 Å². The predicted molar refractivity (Wildman–Crippen MR) is 80.9 cm³/mol. The smallest absolute Gasteiger partial charge is 0.263 e. The number of aromatic nitrogens is 2. The first kappa shape index (κ1) is 14.6. The number of aldehydes is 2. The van der Waals surface area contributed by atoms with Crippen molar-refractivity contribution in [3.8, 4) is 0 Å². The first-order chi connectivity index (χ1) is 10.4. The van der Waals surface area contributed by atoms with Crippen LogP contribution in [0.1, 0.15) is 21.0 Å². The highest BCUT2D eigenvalue weighted by molar-refractivity contribution is 8.13.